The van der Waals surface area contributed by atoms with Gasteiger partial charge in [-0.2, -0.15) is 0 Å². The Morgan fingerprint density at radius 3 is 2.29 bits per heavy atom. The minimum atomic E-state index is -0.406. The third-order valence-corrected chi connectivity index (χ3v) is 3.81. The number of nitrogens with one attached hydrogen (secondary N) is 1. The maximum Gasteiger partial charge on any atom is 0.246 e. The minimum absolute atomic E-state index is 0.0224. The molecule has 3 unspecified atom stereocenters. The van der Waals surface area contributed by atoms with Crippen LogP contribution >= 0.6 is 0 Å². The molecular formula is C16H30N2O3. The van der Waals surface area contributed by atoms with Crippen LogP contribution in [0.15, 0.2) is 0 Å². The van der Waals surface area contributed by atoms with Gasteiger partial charge in [-0.15, -0.1) is 0 Å². The number of carbonyl (C=O) groups is 2. The van der Waals surface area contributed by atoms with Crippen molar-refractivity contribution in [2.75, 3.05) is 13.2 Å². The van der Waals surface area contributed by atoms with Crippen molar-refractivity contribution in [1.82, 2.24) is 10.2 Å². The molecule has 5 nitrogen and oxygen atoms in total. The van der Waals surface area contributed by atoms with Crippen LogP contribution in [-0.2, 0) is 14.3 Å². The fourth-order valence-electron chi connectivity index (χ4n) is 2.88. The number of nitrogens with zero attached hydrogens (tertiary/aromatic N) is 1. The van der Waals surface area contributed by atoms with Gasteiger partial charge in [-0.1, -0.05) is 27.7 Å². The van der Waals surface area contributed by atoms with Gasteiger partial charge in [0.2, 0.25) is 11.8 Å². The molecule has 122 valence electrons. The molecule has 0 saturated carbocycles. The molecule has 1 heterocycles. The van der Waals surface area contributed by atoms with E-state index < -0.39 is 12.1 Å². The normalized spacial score (nSPS) is 24.7. The minimum Gasteiger partial charge on any atom is -0.380 e. The van der Waals surface area contributed by atoms with Crippen molar-refractivity contribution in [2.45, 2.75) is 66.1 Å². The molecule has 1 aliphatic rings. The number of rotatable bonds is 7. The second kappa shape index (κ2) is 7.78. The Labute approximate surface area is 128 Å². The summed E-state index contributed by atoms with van der Waals surface area (Å²) in [6.45, 7) is 13.0. The highest BCUT2D eigenvalue weighted by Gasteiger charge is 2.43. The summed E-state index contributed by atoms with van der Waals surface area (Å²) in [7, 11) is 0. The molecule has 0 aromatic heterocycles. The maximum atomic E-state index is 12.8. The van der Waals surface area contributed by atoms with E-state index in [2.05, 4.69) is 19.2 Å². The molecule has 0 aromatic carbocycles. The zero-order chi connectivity index (χ0) is 16.2. The molecule has 0 bridgehead atoms. The average molecular weight is 298 g/mol. The molecule has 5 heteroatoms. The Balaban J connectivity index is 2.97. The lowest BCUT2D eigenvalue weighted by atomic mass is 9.92. The standard InChI is InChI=1S/C16H30N2O3/c1-7-21-9-12(6)18-14(11(4)5)15(19)17-13(16(18)20)8-10(2)3/h10-14H,7-9H2,1-6H3,(H,17,19). The Hall–Kier alpha value is -1.10. The number of ether oxygens (including phenoxy) is 1. The van der Waals surface area contributed by atoms with Crippen LogP contribution in [0.4, 0.5) is 0 Å². The molecule has 0 spiro atoms. The first kappa shape index (κ1) is 18.0. The fourth-order valence-corrected chi connectivity index (χ4v) is 2.88. The Bertz CT molecular complexity index is 369. The Morgan fingerprint density at radius 1 is 1.19 bits per heavy atom. The van der Waals surface area contributed by atoms with E-state index in [0.29, 0.717) is 25.6 Å². The van der Waals surface area contributed by atoms with Gasteiger partial charge in [0.05, 0.1) is 12.6 Å². The molecule has 0 radical (unpaired) electrons. The van der Waals surface area contributed by atoms with Crippen molar-refractivity contribution in [3.05, 3.63) is 0 Å². The van der Waals surface area contributed by atoms with Crippen LogP contribution < -0.4 is 5.32 Å². The van der Waals surface area contributed by atoms with Crippen molar-refractivity contribution < 1.29 is 14.3 Å². The number of hydrogen-bond acceptors (Lipinski definition) is 3. The predicted molar refractivity (Wildman–Crippen MR) is 82.8 cm³/mol. The van der Waals surface area contributed by atoms with E-state index in [1.54, 1.807) is 4.90 Å². The summed E-state index contributed by atoms with van der Waals surface area (Å²) < 4.78 is 5.45. The first-order chi connectivity index (χ1) is 9.79. The van der Waals surface area contributed by atoms with Gasteiger partial charge in [0.1, 0.15) is 12.1 Å². The highest BCUT2D eigenvalue weighted by molar-refractivity contribution is 5.97. The van der Waals surface area contributed by atoms with Gasteiger partial charge in [-0.3, -0.25) is 9.59 Å². The Morgan fingerprint density at radius 2 is 1.81 bits per heavy atom. The van der Waals surface area contributed by atoms with E-state index in [9.17, 15) is 9.59 Å². The number of carbonyl (C=O) groups excluding carboxylic acids is 2. The van der Waals surface area contributed by atoms with E-state index in [1.165, 1.54) is 0 Å². The molecule has 1 aliphatic heterocycles. The summed E-state index contributed by atoms with van der Waals surface area (Å²) in [5, 5.41) is 2.90. The van der Waals surface area contributed by atoms with E-state index in [-0.39, 0.29) is 23.8 Å². The van der Waals surface area contributed by atoms with Gasteiger partial charge in [-0.05, 0) is 32.1 Å². The van der Waals surface area contributed by atoms with Crippen LogP contribution in [0.25, 0.3) is 0 Å². The molecule has 1 rings (SSSR count). The maximum absolute atomic E-state index is 12.8. The zero-order valence-electron chi connectivity index (χ0n) is 14.2. The first-order valence-electron chi connectivity index (χ1n) is 7.99. The number of hydrogen-bond donors (Lipinski definition) is 1. The van der Waals surface area contributed by atoms with Crippen molar-refractivity contribution in [1.29, 1.82) is 0 Å². The van der Waals surface area contributed by atoms with Crippen LogP contribution in [0, 0.1) is 11.8 Å². The van der Waals surface area contributed by atoms with E-state index in [4.69, 9.17) is 4.74 Å². The molecule has 21 heavy (non-hydrogen) atoms. The van der Waals surface area contributed by atoms with Gasteiger partial charge < -0.3 is 15.0 Å². The summed E-state index contributed by atoms with van der Waals surface area (Å²) in [6, 6.07) is -0.904. The third kappa shape index (κ3) is 4.43. The second-order valence-corrected chi connectivity index (χ2v) is 6.63. The number of piperazine rings is 1. The van der Waals surface area contributed by atoms with Gasteiger partial charge >= 0.3 is 0 Å². The number of amides is 2. The molecule has 2 amide bonds. The van der Waals surface area contributed by atoms with Crippen LogP contribution in [0.1, 0.15) is 48.0 Å². The van der Waals surface area contributed by atoms with Gasteiger partial charge in [0.15, 0.2) is 0 Å². The second-order valence-electron chi connectivity index (χ2n) is 6.63. The topological polar surface area (TPSA) is 58.6 Å². The Kier molecular flexibility index (Phi) is 6.65. The lowest BCUT2D eigenvalue weighted by Gasteiger charge is -2.44. The summed E-state index contributed by atoms with van der Waals surface area (Å²) >= 11 is 0. The molecule has 1 fully saturated rings. The summed E-state index contributed by atoms with van der Waals surface area (Å²) in [5.41, 5.74) is 0. The molecule has 3 atom stereocenters. The molecule has 1 N–H and O–H groups in total. The lowest BCUT2D eigenvalue weighted by Crippen LogP contribution is -2.67. The van der Waals surface area contributed by atoms with E-state index in [1.807, 2.05) is 27.7 Å². The smallest absolute Gasteiger partial charge is 0.246 e. The van der Waals surface area contributed by atoms with Gasteiger partial charge in [-0.25, -0.2) is 0 Å². The van der Waals surface area contributed by atoms with Gasteiger partial charge in [0.25, 0.3) is 0 Å². The van der Waals surface area contributed by atoms with Crippen molar-refractivity contribution >= 4 is 11.8 Å². The van der Waals surface area contributed by atoms with Crippen LogP contribution in [-0.4, -0.2) is 48.1 Å². The van der Waals surface area contributed by atoms with Crippen LogP contribution in [0.2, 0.25) is 0 Å². The van der Waals surface area contributed by atoms with E-state index >= 15 is 0 Å². The molecule has 0 aliphatic carbocycles. The molecular weight excluding hydrogens is 268 g/mol. The lowest BCUT2D eigenvalue weighted by molar-refractivity contribution is -0.155. The fraction of sp³-hybridized carbons (Fsp3) is 0.875. The highest BCUT2D eigenvalue weighted by Crippen LogP contribution is 2.23. The van der Waals surface area contributed by atoms with Crippen LogP contribution in [0.5, 0.6) is 0 Å². The highest BCUT2D eigenvalue weighted by atomic mass is 16.5. The predicted octanol–water partition coefficient (Wildman–Crippen LogP) is 1.81. The summed E-state index contributed by atoms with van der Waals surface area (Å²) in [6.07, 6.45) is 0.674. The van der Waals surface area contributed by atoms with Crippen molar-refractivity contribution in [2.24, 2.45) is 11.8 Å². The molecule has 1 saturated heterocycles. The summed E-state index contributed by atoms with van der Waals surface area (Å²) in [5.74, 6) is 0.421. The van der Waals surface area contributed by atoms with Crippen molar-refractivity contribution in [3.63, 3.8) is 0 Å². The molecule has 0 aromatic rings. The SMILES string of the molecule is CCOCC(C)N1C(=O)C(CC(C)C)NC(=O)C1C(C)C. The third-order valence-electron chi connectivity index (χ3n) is 3.81. The van der Waals surface area contributed by atoms with Crippen LogP contribution in [0.3, 0.4) is 0 Å². The van der Waals surface area contributed by atoms with E-state index in [0.717, 1.165) is 0 Å². The quantitative estimate of drug-likeness (QED) is 0.780. The monoisotopic (exact) mass is 298 g/mol. The first-order valence-corrected chi connectivity index (χ1v) is 7.99. The zero-order valence-corrected chi connectivity index (χ0v) is 14.2. The van der Waals surface area contributed by atoms with Crippen molar-refractivity contribution in [3.8, 4) is 0 Å². The average Bonchev–Trinajstić information content (AvgIpc) is 2.38. The largest absolute Gasteiger partial charge is 0.380 e. The summed E-state index contributed by atoms with van der Waals surface area (Å²) in [4.78, 5) is 26.9. The van der Waals surface area contributed by atoms with Gasteiger partial charge in [0, 0.05) is 6.61 Å².